The van der Waals surface area contributed by atoms with Crippen LogP contribution in [0.25, 0.3) is 0 Å². The minimum absolute atomic E-state index is 0.110. The highest BCUT2D eigenvalue weighted by Crippen LogP contribution is 2.20. The Kier molecular flexibility index (Phi) is 5.15. The average molecular weight is 276 g/mol. The Bertz CT molecular complexity index is 442. The lowest BCUT2D eigenvalue weighted by Gasteiger charge is -2.34. The molecule has 1 saturated heterocycles. The van der Waals surface area contributed by atoms with Crippen molar-refractivity contribution in [3.63, 3.8) is 0 Å². The highest BCUT2D eigenvalue weighted by Gasteiger charge is 2.26. The fourth-order valence-electron chi connectivity index (χ4n) is 2.72. The van der Waals surface area contributed by atoms with Crippen LogP contribution in [-0.4, -0.2) is 37.0 Å². The summed E-state index contributed by atoms with van der Waals surface area (Å²) in [7, 11) is 1.67. The van der Waals surface area contributed by atoms with Gasteiger partial charge in [0.15, 0.2) is 0 Å². The van der Waals surface area contributed by atoms with Crippen LogP contribution >= 0.6 is 0 Å². The maximum atomic E-state index is 12.5. The Labute approximate surface area is 120 Å². The van der Waals surface area contributed by atoms with Gasteiger partial charge in [0, 0.05) is 31.8 Å². The molecular weight excluding hydrogens is 252 g/mol. The molecule has 4 nitrogen and oxygen atoms in total. The van der Waals surface area contributed by atoms with Crippen LogP contribution in [0, 0.1) is 5.92 Å². The molecule has 1 amide bonds. The van der Waals surface area contributed by atoms with E-state index in [1.54, 1.807) is 7.11 Å². The molecule has 0 saturated carbocycles. The van der Waals surface area contributed by atoms with Crippen molar-refractivity contribution in [1.29, 1.82) is 0 Å². The number of carbonyl (C=O) groups excluding carboxylic acids is 1. The molecule has 0 aromatic heterocycles. The van der Waals surface area contributed by atoms with Crippen LogP contribution in [0.1, 0.15) is 35.7 Å². The third-order valence-electron chi connectivity index (χ3n) is 4.00. The van der Waals surface area contributed by atoms with E-state index in [1.165, 1.54) is 0 Å². The summed E-state index contributed by atoms with van der Waals surface area (Å²) in [4.78, 5) is 14.4. The van der Waals surface area contributed by atoms with Crippen molar-refractivity contribution in [2.45, 2.75) is 32.4 Å². The molecule has 2 unspecified atom stereocenters. The number of carbonyl (C=O) groups is 1. The minimum atomic E-state index is 0.110. The summed E-state index contributed by atoms with van der Waals surface area (Å²) in [6.45, 7) is 4.21. The molecule has 1 aromatic carbocycles. The van der Waals surface area contributed by atoms with Crippen molar-refractivity contribution in [1.82, 2.24) is 4.90 Å². The number of methoxy groups -OCH3 is 1. The maximum absolute atomic E-state index is 12.5. The minimum Gasteiger partial charge on any atom is -0.380 e. The van der Waals surface area contributed by atoms with Crippen molar-refractivity contribution in [2.75, 3.05) is 20.2 Å². The topological polar surface area (TPSA) is 55.6 Å². The fourth-order valence-corrected chi connectivity index (χ4v) is 2.72. The maximum Gasteiger partial charge on any atom is 0.253 e. The monoisotopic (exact) mass is 276 g/mol. The van der Waals surface area contributed by atoms with Gasteiger partial charge in [-0.3, -0.25) is 4.79 Å². The highest BCUT2D eigenvalue weighted by molar-refractivity contribution is 5.94. The number of nitrogens with zero attached hydrogens (tertiary/aromatic N) is 1. The Balaban J connectivity index is 2.02. The first-order valence-electron chi connectivity index (χ1n) is 7.24. The van der Waals surface area contributed by atoms with Gasteiger partial charge in [0.1, 0.15) is 0 Å². The van der Waals surface area contributed by atoms with Crippen molar-refractivity contribution < 1.29 is 9.53 Å². The number of rotatable bonds is 4. The molecule has 4 heteroatoms. The van der Waals surface area contributed by atoms with Gasteiger partial charge in [0.25, 0.3) is 5.91 Å². The second-order valence-corrected chi connectivity index (χ2v) is 5.64. The number of nitrogens with two attached hydrogens (primary N) is 1. The van der Waals surface area contributed by atoms with Gasteiger partial charge < -0.3 is 15.4 Å². The first-order valence-corrected chi connectivity index (χ1v) is 7.24. The van der Waals surface area contributed by atoms with Gasteiger partial charge in [0.05, 0.1) is 6.61 Å². The van der Waals surface area contributed by atoms with Crippen molar-refractivity contribution in [2.24, 2.45) is 11.7 Å². The fraction of sp³-hybridized carbons (Fsp3) is 0.562. The SMILES string of the molecule is COCc1ccc(C(=O)N2CCCC(C(C)N)C2)cc1. The number of piperidine rings is 1. The van der Waals surface area contributed by atoms with Gasteiger partial charge in [-0.2, -0.15) is 0 Å². The third kappa shape index (κ3) is 3.58. The van der Waals surface area contributed by atoms with Crippen LogP contribution in [0.4, 0.5) is 0 Å². The number of ether oxygens (including phenoxy) is 1. The van der Waals surface area contributed by atoms with Crippen LogP contribution < -0.4 is 5.73 Å². The van der Waals surface area contributed by atoms with Gasteiger partial charge >= 0.3 is 0 Å². The molecule has 1 aromatic rings. The predicted octanol–water partition coefficient (Wildman–Crippen LogP) is 2.03. The summed E-state index contributed by atoms with van der Waals surface area (Å²) in [5.41, 5.74) is 7.79. The number of hydrogen-bond donors (Lipinski definition) is 1. The number of amides is 1. The number of likely N-dealkylation sites (tertiary alicyclic amines) is 1. The summed E-state index contributed by atoms with van der Waals surface area (Å²) in [6, 6.07) is 7.81. The van der Waals surface area contributed by atoms with Crippen LogP contribution in [0.3, 0.4) is 0 Å². The third-order valence-corrected chi connectivity index (χ3v) is 4.00. The van der Waals surface area contributed by atoms with E-state index in [4.69, 9.17) is 10.5 Å². The summed E-state index contributed by atoms with van der Waals surface area (Å²) in [5.74, 6) is 0.528. The van der Waals surface area contributed by atoms with Gasteiger partial charge in [0.2, 0.25) is 0 Å². The lowest BCUT2D eigenvalue weighted by atomic mass is 9.92. The summed E-state index contributed by atoms with van der Waals surface area (Å²) in [6.07, 6.45) is 2.16. The highest BCUT2D eigenvalue weighted by atomic mass is 16.5. The molecule has 1 aliphatic rings. The normalized spacial score (nSPS) is 20.8. The van der Waals surface area contributed by atoms with Crippen LogP contribution in [0.15, 0.2) is 24.3 Å². The van der Waals surface area contributed by atoms with E-state index in [1.807, 2.05) is 36.1 Å². The molecular formula is C16H24N2O2. The molecule has 1 aliphatic heterocycles. The molecule has 0 aliphatic carbocycles. The van der Waals surface area contributed by atoms with E-state index in [2.05, 4.69) is 0 Å². The quantitative estimate of drug-likeness (QED) is 0.915. The smallest absolute Gasteiger partial charge is 0.253 e. The standard InChI is InChI=1S/C16H24N2O2/c1-12(17)15-4-3-9-18(10-15)16(19)14-7-5-13(6-8-14)11-20-2/h5-8,12,15H,3-4,9-11,17H2,1-2H3. The zero-order chi connectivity index (χ0) is 14.5. The lowest BCUT2D eigenvalue weighted by Crippen LogP contribution is -2.45. The summed E-state index contributed by atoms with van der Waals surface area (Å²) >= 11 is 0. The van der Waals surface area contributed by atoms with Gasteiger partial charge in [-0.1, -0.05) is 12.1 Å². The Hall–Kier alpha value is -1.39. The van der Waals surface area contributed by atoms with Crippen LogP contribution in [0.5, 0.6) is 0 Å². The Morgan fingerprint density at radius 3 is 2.75 bits per heavy atom. The number of hydrogen-bond acceptors (Lipinski definition) is 3. The van der Waals surface area contributed by atoms with Gasteiger partial charge in [-0.05, 0) is 43.4 Å². The Morgan fingerprint density at radius 1 is 1.45 bits per heavy atom. The molecule has 2 atom stereocenters. The molecule has 1 fully saturated rings. The average Bonchev–Trinajstić information content (AvgIpc) is 2.48. The number of benzene rings is 1. The second kappa shape index (κ2) is 6.86. The van der Waals surface area contributed by atoms with Crippen molar-refractivity contribution in [3.8, 4) is 0 Å². The van der Waals surface area contributed by atoms with Gasteiger partial charge in [-0.25, -0.2) is 0 Å². The predicted molar refractivity (Wildman–Crippen MR) is 79.4 cm³/mol. The summed E-state index contributed by atoms with van der Waals surface area (Å²) < 4.78 is 5.08. The second-order valence-electron chi connectivity index (χ2n) is 5.64. The molecule has 2 rings (SSSR count). The van der Waals surface area contributed by atoms with E-state index < -0.39 is 0 Å². The van der Waals surface area contributed by atoms with Crippen LogP contribution in [0.2, 0.25) is 0 Å². The van der Waals surface area contributed by atoms with Crippen LogP contribution in [-0.2, 0) is 11.3 Å². The van der Waals surface area contributed by atoms with E-state index in [0.29, 0.717) is 12.5 Å². The first kappa shape index (κ1) is 15.0. The van der Waals surface area contributed by atoms with Crippen molar-refractivity contribution >= 4 is 5.91 Å². The summed E-state index contributed by atoms with van der Waals surface area (Å²) in [5, 5.41) is 0. The molecule has 110 valence electrons. The zero-order valence-electron chi connectivity index (χ0n) is 12.3. The largest absolute Gasteiger partial charge is 0.380 e. The zero-order valence-corrected chi connectivity index (χ0v) is 12.3. The first-order chi connectivity index (χ1) is 9.61. The van der Waals surface area contributed by atoms with E-state index >= 15 is 0 Å². The van der Waals surface area contributed by atoms with E-state index in [9.17, 15) is 4.79 Å². The molecule has 2 N–H and O–H groups in total. The van der Waals surface area contributed by atoms with E-state index in [-0.39, 0.29) is 11.9 Å². The molecule has 1 heterocycles. The van der Waals surface area contributed by atoms with E-state index in [0.717, 1.165) is 37.1 Å². The lowest BCUT2D eigenvalue weighted by molar-refractivity contribution is 0.0661. The molecule has 20 heavy (non-hydrogen) atoms. The molecule has 0 spiro atoms. The van der Waals surface area contributed by atoms with Gasteiger partial charge in [-0.15, -0.1) is 0 Å². The molecule has 0 bridgehead atoms. The Morgan fingerprint density at radius 2 is 2.15 bits per heavy atom. The molecule has 0 radical (unpaired) electrons. The van der Waals surface area contributed by atoms with Crippen molar-refractivity contribution in [3.05, 3.63) is 35.4 Å².